The first-order valence-electron chi connectivity index (χ1n) is 8.66. The fourth-order valence-electron chi connectivity index (χ4n) is 2.94. The van der Waals surface area contributed by atoms with Crippen LogP contribution in [0, 0.1) is 13.8 Å². The fourth-order valence-corrected chi connectivity index (χ4v) is 3.87. The van der Waals surface area contributed by atoms with Gasteiger partial charge < -0.3 is 5.32 Å². The zero-order chi connectivity index (χ0) is 18.1. The molecule has 0 spiro atoms. The maximum absolute atomic E-state index is 12.7. The maximum atomic E-state index is 12.7. The number of amides is 1. The molecule has 132 valence electrons. The van der Waals surface area contributed by atoms with Gasteiger partial charge in [-0.2, -0.15) is 5.10 Å². The summed E-state index contributed by atoms with van der Waals surface area (Å²) in [7, 11) is 0. The molecule has 3 aromatic rings. The number of carbonyl (C=O) groups is 1. The van der Waals surface area contributed by atoms with E-state index in [2.05, 4.69) is 44.2 Å². The Kier molecular flexibility index (Phi) is 4.90. The van der Waals surface area contributed by atoms with Gasteiger partial charge in [-0.1, -0.05) is 6.92 Å². The van der Waals surface area contributed by atoms with Crippen LogP contribution in [0.3, 0.4) is 0 Å². The molecule has 3 aromatic heterocycles. The van der Waals surface area contributed by atoms with Crippen molar-refractivity contribution in [2.75, 3.05) is 6.54 Å². The van der Waals surface area contributed by atoms with E-state index >= 15 is 0 Å². The average molecular weight is 356 g/mol. The number of aryl methyl sites for hydroxylation is 2. The van der Waals surface area contributed by atoms with Gasteiger partial charge in [0.05, 0.1) is 22.8 Å². The van der Waals surface area contributed by atoms with E-state index < -0.39 is 0 Å². The lowest BCUT2D eigenvalue weighted by atomic mass is 10.1. The second-order valence-electron chi connectivity index (χ2n) is 6.56. The summed E-state index contributed by atoms with van der Waals surface area (Å²) in [6, 6.07) is 4.21. The van der Waals surface area contributed by atoms with Crippen LogP contribution in [-0.2, 0) is 0 Å². The molecular formula is C19H24N4OS. The Hall–Kier alpha value is -2.21. The molecular weight excluding hydrogens is 332 g/mol. The van der Waals surface area contributed by atoms with Crippen molar-refractivity contribution < 1.29 is 4.79 Å². The molecule has 1 amide bonds. The summed E-state index contributed by atoms with van der Waals surface area (Å²) in [6.07, 6.45) is 2.65. The number of aromatic nitrogens is 3. The highest BCUT2D eigenvalue weighted by Gasteiger charge is 2.19. The molecule has 25 heavy (non-hydrogen) atoms. The van der Waals surface area contributed by atoms with E-state index in [1.165, 1.54) is 9.75 Å². The number of pyridine rings is 1. The highest BCUT2D eigenvalue weighted by molar-refractivity contribution is 7.12. The molecule has 0 aliphatic heterocycles. The van der Waals surface area contributed by atoms with Gasteiger partial charge in [0.1, 0.15) is 0 Å². The van der Waals surface area contributed by atoms with E-state index in [1.807, 2.05) is 17.7 Å². The Morgan fingerprint density at radius 3 is 2.68 bits per heavy atom. The molecule has 0 unspecified atom stereocenters. The Labute approximate surface area is 152 Å². The van der Waals surface area contributed by atoms with Gasteiger partial charge in [0, 0.05) is 27.9 Å². The van der Waals surface area contributed by atoms with Gasteiger partial charge in [-0.05, 0) is 46.2 Å². The summed E-state index contributed by atoms with van der Waals surface area (Å²) in [5, 5.41) is 8.24. The first kappa shape index (κ1) is 17.6. The van der Waals surface area contributed by atoms with Crippen LogP contribution in [0.2, 0.25) is 0 Å². The van der Waals surface area contributed by atoms with E-state index in [0.717, 1.165) is 28.7 Å². The van der Waals surface area contributed by atoms with Crippen LogP contribution in [0.1, 0.15) is 53.3 Å². The number of rotatable bonds is 5. The normalized spacial score (nSPS) is 11.4. The Balaban J connectivity index is 2.22. The molecule has 6 heteroatoms. The molecule has 0 saturated carbocycles. The lowest BCUT2D eigenvalue weighted by molar-refractivity contribution is 0.0955. The number of fused-ring (bicyclic) bond motifs is 1. The van der Waals surface area contributed by atoms with Crippen LogP contribution < -0.4 is 5.32 Å². The Bertz CT molecular complexity index is 923. The molecule has 3 heterocycles. The van der Waals surface area contributed by atoms with E-state index in [-0.39, 0.29) is 11.9 Å². The van der Waals surface area contributed by atoms with E-state index in [0.29, 0.717) is 12.1 Å². The summed E-state index contributed by atoms with van der Waals surface area (Å²) < 4.78 is 1.88. The van der Waals surface area contributed by atoms with Crippen molar-refractivity contribution in [3.8, 4) is 11.3 Å². The standard InChI is InChI=1S/C19H24N4OS/c1-6-7-20-19(24)15-9-17(14-8-12(4)25-13(14)5)22-18-16(15)10-21-23(18)11(2)3/h8-11H,6-7H2,1-5H3,(H,20,24). The first-order chi connectivity index (χ1) is 11.9. The van der Waals surface area contributed by atoms with Crippen molar-refractivity contribution in [3.63, 3.8) is 0 Å². The monoisotopic (exact) mass is 356 g/mol. The summed E-state index contributed by atoms with van der Waals surface area (Å²) >= 11 is 1.75. The summed E-state index contributed by atoms with van der Waals surface area (Å²) in [4.78, 5) is 20.0. The zero-order valence-electron chi connectivity index (χ0n) is 15.4. The number of hydrogen-bond donors (Lipinski definition) is 1. The van der Waals surface area contributed by atoms with Crippen LogP contribution in [0.4, 0.5) is 0 Å². The van der Waals surface area contributed by atoms with Crippen LogP contribution in [0.5, 0.6) is 0 Å². The molecule has 0 fully saturated rings. The molecule has 0 atom stereocenters. The maximum Gasteiger partial charge on any atom is 0.252 e. The topological polar surface area (TPSA) is 59.8 Å². The highest BCUT2D eigenvalue weighted by atomic mass is 32.1. The number of hydrogen-bond acceptors (Lipinski definition) is 4. The number of thiophene rings is 1. The second kappa shape index (κ2) is 6.96. The second-order valence-corrected chi connectivity index (χ2v) is 8.02. The molecule has 0 radical (unpaired) electrons. The lowest BCUT2D eigenvalue weighted by Crippen LogP contribution is -2.24. The van der Waals surface area contributed by atoms with Crippen LogP contribution in [0.15, 0.2) is 18.3 Å². The van der Waals surface area contributed by atoms with Gasteiger partial charge in [0.25, 0.3) is 5.91 Å². The summed E-state index contributed by atoms with van der Waals surface area (Å²) in [6.45, 7) is 11.0. The Morgan fingerprint density at radius 1 is 1.32 bits per heavy atom. The van der Waals surface area contributed by atoms with Crippen molar-refractivity contribution in [3.05, 3.63) is 33.6 Å². The van der Waals surface area contributed by atoms with E-state index in [4.69, 9.17) is 4.98 Å². The van der Waals surface area contributed by atoms with Crippen LogP contribution in [-0.4, -0.2) is 27.2 Å². The van der Waals surface area contributed by atoms with Crippen molar-refractivity contribution >= 4 is 28.3 Å². The van der Waals surface area contributed by atoms with Crippen molar-refractivity contribution in [1.82, 2.24) is 20.1 Å². The minimum absolute atomic E-state index is 0.0663. The van der Waals surface area contributed by atoms with Gasteiger partial charge in [0.2, 0.25) is 0 Å². The molecule has 0 aromatic carbocycles. The third-order valence-corrected chi connectivity index (χ3v) is 5.12. The predicted octanol–water partition coefficient (Wildman–Crippen LogP) is 4.50. The first-order valence-corrected chi connectivity index (χ1v) is 9.47. The number of nitrogens with zero attached hydrogens (tertiary/aromatic N) is 3. The molecule has 0 saturated heterocycles. The molecule has 0 aliphatic carbocycles. The predicted molar refractivity (Wildman–Crippen MR) is 103 cm³/mol. The third-order valence-electron chi connectivity index (χ3n) is 4.15. The van der Waals surface area contributed by atoms with E-state index in [1.54, 1.807) is 17.5 Å². The number of carbonyl (C=O) groups excluding carboxylic acids is 1. The fraction of sp³-hybridized carbons (Fsp3) is 0.421. The third kappa shape index (κ3) is 3.31. The summed E-state index contributed by atoms with van der Waals surface area (Å²) in [5.41, 5.74) is 3.32. The SMILES string of the molecule is CCCNC(=O)c1cc(-c2cc(C)sc2C)nc2c1cnn2C(C)C. The molecule has 5 nitrogen and oxygen atoms in total. The molecule has 1 N–H and O–H groups in total. The minimum atomic E-state index is -0.0663. The zero-order valence-corrected chi connectivity index (χ0v) is 16.2. The van der Waals surface area contributed by atoms with Gasteiger partial charge in [-0.3, -0.25) is 4.79 Å². The van der Waals surface area contributed by atoms with Crippen LogP contribution >= 0.6 is 11.3 Å². The van der Waals surface area contributed by atoms with Gasteiger partial charge in [-0.25, -0.2) is 9.67 Å². The molecule has 3 rings (SSSR count). The lowest BCUT2D eigenvalue weighted by Gasteiger charge is -2.10. The van der Waals surface area contributed by atoms with Crippen molar-refractivity contribution in [2.45, 2.75) is 47.1 Å². The van der Waals surface area contributed by atoms with Gasteiger partial charge >= 0.3 is 0 Å². The summed E-state index contributed by atoms with van der Waals surface area (Å²) in [5.74, 6) is -0.0663. The number of nitrogens with one attached hydrogen (secondary N) is 1. The smallest absolute Gasteiger partial charge is 0.252 e. The van der Waals surface area contributed by atoms with Gasteiger partial charge in [0.15, 0.2) is 5.65 Å². The molecule has 0 aliphatic rings. The largest absolute Gasteiger partial charge is 0.352 e. The van der Waals surface area contributed by atoms with Crippen molar-refractivity contribution in [2.24, 2.45) is 0 Å². The van der Waals surface area contributed by atoms with Crippen LogP contribution in [0.25, 0.3) is 22.3 Å². The minimum Gasteiger partial charge on any atom is -0.352 e. The molecule has 0 bridgehead atoms. The van der Waals surface area contributed by atoms with Gasteiger partial charge in [-0.15, -0.1) is 11.3 Å². The quantitative estimate of drug-likeness (QED) is 0.732. The van der Waals surface area contributed by atoms with E-state index in [9.17, 15) is 4.79 Å². The van der Waals surface area contributed by atoms with Crippen molar-refractivity contribution in [1.29, 1.82) is 0 Å². The highest BCUT2D eigenvalue weighted by Crippen LogP contribution is 2.32. The Morgan fingerprint density at radius 2 is 2.08 bits per heavy atom. The average Bonchev–Trinajstić information content (AvgIpc) is 3.14.